The second-order valence-corrected chi connectivity index (χ2v) is 25.6. The Kier molecular flexibility index (Phi) is 20.9. The van der Waals surface area contributed by atoms with Crippen LogP contribution in [0.3, 0.4) is 0 Å². The van der Waals surface area contributed by atoms with Crippen LogP contribution in [0.4, 0.5) is 0 Å². The summed E-state index contributed by atoms with van der Waals surface area (Å²) in [5, 5.41) is 55.1. The van der Waals surface area contributed by atoms with Crippen LogP contribution in [-0.2, 0) is 31.0 Å². The van der Waals surface area contributed by atoms with Crippen LogP contribution in [0.1, 0.15) is 77.5 Å². The zero-order valence-corrected chi connectivity index (χ0v) is 58.2. The van der Waals surface area contributed by atoms with Gasteiger partial charge in [-0.15, -0.1) is 18.9 Å². The fourth-order valence-corrected chi connectivity index (χ4v) is 12.4. The number of rotatable bonds is 25. The SMILES string of the molecule is Cn1c(=O)c(C(=O)NCC(=O)O)c(On2c(=O)c(C(=O)CCC(=O)O)c(On3c(=O)c(C(=O)NCC(=O)O)c(On4c(=O)c(C(=O)CCC(=O)O)c(On5c(=O)c(C(=O)NCC=O)c(O)c6cc(Br)ccc65)c5cc(Br)ccc54)c4ccc(Br)cc43)c3ccc(Br)cc32)c2cccc(Br)c21. The van der Waals surface area contributed by atoms with Crippen LogP contribution in [-0.4, -0.2) is 128 Å². The van der Waals surface area contributed by atoms with Gasteiger partial charge in [-0.2, -0.15) is 0 Å². The molecule has 8 N–H and O–H groups in total. The monoisotopic (exact) mass is 1690 g/mol. The molecule has 0 unspecified atom stereocenters. The summed E-state index contributed by atoms with van der Waals surface area (Å²) in [6.45, 7) is -2.89. The molecule has 0 radical (unpaired) electrons. The van der Waals surface area contributed by atoms with E-state index in [4.69, 9.17) is 19.4 Å². The fourth-order valence-electron chi connectivity index (χ4n) is 10.4. The molecule has 32 nitrogen and oxygen atoms in total. The number of carboxylic acids is 4. The number of fused-ring (bicyclic) bond motifs is 5. The van der Waals surface area contributed by atoms with Crippen LogP contribution in [0.2, 0.25) is 0 Å². The number of aliphatic carboxylic acids is 4. The van der Waals surface area contributed by atoms with Crippen molar-refractivity contribution in [3.63, 3.8) is 0 Å². The van der Waals surface area contributed by atoms with E-state index in [-0.39, 0.29) is 61.2 Å². The first-order valence-corrected chi connectivity index (χ1v) is 32.4. The summed E-state index contributed by atoms with van der Waals surface area (Å²) in [4.78, 5) is 232. The average Bonchev–Trinajstić information content (AvgIpc) is 0.736. The second-order valence-electron chi connectivity index (χ2n) is 21.1. The molecule has 0 atom stereocenters. The van der Waals surface area contributed by atoms with Crippen molar-refractivity contribution in [1.82, 2.24) is 39.4 Å². The van der Waals surface area contributed by atoms with Crippen LogP contribution in [0.25, 0.3) is 54.5 Å². The van der Waals surface area contributed by atoms with Crippen molar-refractivity contribution in [3.8, 4) is 28.7 Å². The molecule has 10 aromatic rings. The minimum absolute atomic E-state index is 0.0608. The second kappa shape index (κ2) is 29.1. The number of amides is 3. The number of aromatic nitrogens is 5. The number of pyridine rings is 5. The normalized spacial score (nSPS) is 11.2. The predicted octanol–water partition coefficient (Wildman–Crippen LogP) is 6.34. The Hall–Kier alpha value is -11.2. The maximum absolute atomic E-state index is 15.8. The highest BCUT2D eigenvalue weighted by Gasteiger charge is 2.35. The van der Waals surface area contributed by atoms with Crippen LogP contribution >= 0.6 is 79.6 Å². The van der Waals surface area contributed by atoms with E-state index in [0.717, 1.165) is 22.8 Å². The largest absolute Gasteiger partial charge is 0.506 e. The average molecular weight is 1690 g/mol. The van der Waals surface area contributed by atoms with E-state index < -0.39 is 205 Å². The third-order valence-electron chi connectivity index (χ3n) is 14.8. The molecule has 0 fully saturated rings. The van der Waals surface area contributed by atoms with E-state index >= 15 is 14.4 Å². The van der Waals surface area contributed by atoms with Gasteiger partial charge in [0.2, 0.25) is 0 Å². The van der Waals surface area contributed by atoms with Crippen molar-refractivity contribution in [2.45, 2.75) is 25.7 Å². The molecule has 0 saturated heterocycles. The predicted molar refractivity (Wildman–Crippen MR) is 367 cm³/mol. The lowest BCUT2D eigenvalue weighted by atomic mass is 10.0. The zero-order valence-electron chi connectivity index (χ0n) is 50.3. The van der Waals surface area contributed by atoms with Gasteiger partial charge in [0.15, 0.2) is 51.3 Å². The smallest absolute Gasteiger partial charge is 0.322 e. The number of carbonyl (C=O) groups excluding carboxylic acids is 6. The summed E-state index contributed by atoms with van der Waals surface area (Å²) in [5.41, 5.74) is -14.3. The molecule has 0 saturated carbocycles. The molecular formula is C63H41Br5N8O24. The molecule has 0 bridgehead atoms. The zero-order chi connectivity index (χ0) is 72.6. The molecule has 5 aromatic heterocycles. The summed E-state index contributed by atoms with van der Waals surface area (Å²) >= 11 is 16.6. The van der Waals surface area contributed by atoms with Gasteiger partial charge in [-0.05, 0) is 101 Å². The summed E-state index contributed by atoms with van der Waals surface area (Å²) in [7, 11) is 1.27. The van der Waals surface area contributed by atoms with E-state index in [1.807, 2.05) is 5.32 Å². The topological polar surface area (TPSA) is 455 Å². The first-order valence-electron chi connectivity index (χ1n) is 28.4. The van der Waals surface area contributed by atoms with Gasteiger partial charge >= 0.3 is 35.0 Å². The number of carboxylic acid groups (broad SMARTS) is 4. The lowest BCUT2D eigenvalue weighted by Gasteiger charge is -2.23. The van der Waals surface area contributed by atoms with Gasteiger partial charge in [0.25, 0.3) is 34.4 Å². The molecule has 3 amide bonds. The minimum Gasteiger partial charge on any atom is -0.506 e. The maximum atomic E-state index is 15.8. The van der Waals surface area contributed by atoms with Gasteiger partial charge in [0, 0.05) is 69.2 Å². The Balaban J connectivity index is 1.26. The molecule has 0 aliphatic heterocycles. The summed E-state index contributed by atoms with van der Waals surface area (Å²) in [5.74, 6) is -17.4. The maximum Gasteiger partial charge on any atom is 0.322 e. The number of nitrogens with zero attached hydrogens (tertiary/aromatic N) is 5. The highest BCUT2D eigenvalue weighted by Crippen LogP contribution is 2.40. The Bertz CT molecular complexity index is 5670. The number of ketones is 2. The highest BCUT2D eigenvalue weighted by molar-refractivity contribution is 9.11. The third kappa shape index (κ3) is 13.9. The van der Waals surface area contributed by atoms with Gasteiger partial charge in [-0.1, -0.05) is 69.8 Å². The molecule has 100 heavy (non-hydrogen) atoms. The Labute approximate surface area is 595 Å². The van der Waals surface area contributed by atoms with E-state index in [0.29, 0.717) is 18.9 Å². The van der Waals surface area contributed by atoms with E-state index in [2.05, 4.69) is 90.3 Å². The molecule has 0 aliphatic rings. The first-order chi connectivity index (χ1) is 47.4. The van der Waals surface area contributed by atoms with Crippen molar-refractivity contribution < 1.29 is 92.8 Å². The van der Waals surface area contributed by atoms with E-state index in [1.165, 1.54) is 79.8 Å². The van der Waals surface area contributed by atoms with Crippen LogP contribution in [0.15, 0.2) is 137 Å². The molecular weight excluding hydrogens is 1650 g/mol. The molecule has 512 valence electrons. The van der Waals surface area contributed by atoms with Crippen molar-refractivity contribution in [1.29, 1.82) is 0 Å². The van der Waals surface area contributed by atoms with E-state index in [1.54, 1.807) is 0 Å². The third-order valence-corrected chi connectivity index (χ3v) is 17.4. The molecule has 10 rings (SSSR count). The number of halogens is 5. The van der Waals surface area contributed by atoms with Gasteiger partial charge in [0.05, 0.1) is 47.0 Å². The van der Waals surface area contributed by atoms with Crippen LogP contribution < -0.4 is 63.1 Å². The van der Waals surface area contributed by atoms with Crippen molar-refractivity contribution in [3.05, 3.63) is 193 Å². The number of aryl methyl sites for hydroxylation is 1. The minimum atomic E-state index is -1.68. The number of para-hydroxylation sites is 1. The number of Topliss-reactive ketones (excluding diaryl/α,β-unsaturated/α-hetero) is 2. The number of carbonyl (C=O) groups is 10. The fraction of sp³-hybridized carbons (Fsp3) is 0.127. The van der Waals surface area contributed by atoms with E-state index in [9.17, 15) is 83.1 Å². The molecule has 0 aliphatic carbocycles. The summed E-state index contributed by atoms with van der Waals surface area (Å²) in [6, 6.07) is 19.2. The number of hydrogen-bond acceptors (Lipinski definition) is 20. The Morgan fingerprint density at radius 2 is 0.800 bits per heavy atom. The lowest BCUT2D eigenvalue weighted by Crippen LogP contribution is -2.40. The molecule has 37 heteroatoms. The molecule has 5 heterocycles. The van der Waals surface area contributed by atoms with Gasteiger partial charge in [0.1, 0.15) is 36.3 Å². The number of aromatic hydroxyl groups is 1. The van der Waals surface area contributed by atoms with Gasteiger partial charge in [-0.3, -0.25) is 67.1 Å². The standard InChI is InChI=1S/C63H41Br5N8O24/c1-72-50-31(3-2-4-34(50)68)54(48(59(72)92)57(90)70-23-43(84)85)99-75-37-21-27(66)5-9-29(37)52(45(61(75)94)39(78)13-15-41(80)81)97-76-38-22-28(67)6-10-30(38)53(49(63(76)96)58(91)71-24-44(86)87)98-74-36-12-8-26(65)20-33(36)55(46(60(74)93)40(79)14-16-42(82)83)100-73-35-11-7-25(64)19-32(35)51(88)47(62(73)95)56(89)69-17-18-77/h2-12,18-22,88H,13-17,23-24H2,1H3,(H,69,89)(H,70,90)(H,71,91)(H,80,81)(H,82,83)(H,84,85)(H,86,87). The number of benzene rings is 5. The molecule has 0 spiro atoms. The Morgan fingerprint density at radius 1 is 0.420 bits per heavy atom. The van der Waals surface area contributed by atoms with Crippen molar-refractivity contribution in [2.24, 2.45) is 7.05 Å². The first kappa shape index (κ1) is 71.6. The van der Waals surface area contributed by atoms with Gasteiger partial charge in [-0.25, -0.2) is 0 Å². The quantitative estimate of drug-likeness (QED) is 0.0228. The lowest BCUT2D eigenvalue weighted by molar-refractivity contribution is -0.137. The van der Waals surface area contributed by atoms with Crippen LogP contribution in [0.5, 0.6) is 28.7 Å². The summed E-state index contributed by atoms with van der Waals surface area (Å²) < 4.78 is 3.45. The Morgan fingerprint density at radius 3 is 1.27 bits per heavy atom. The molecule has 5 aromatic carbocycles. The summed E-state index contributed by atoms with van der Waals surface area (Å²) in [6.07, 6.45) is -3.60. The van der Waals surface area contributed by atoms with Gasteiger partial charge < -0.3 is 70.2 Å². The number of aldehydes is 1. The van der Waals surface area contributed by atoms with Crippen molar-refractivity contribution in [2.75, 3.05) is 19.6 Å². The highest BCUT2D eigenvalue weighted by atomic mass is 79.9. The number of nitrogens with one attached hydrogen (secondary N) is 3. The van der Waals surface area contributed by atoms with Crippen LogP contribution in [0, 0.1) is 0 Å². The number of hydrogen-bond donors (Lipinski definition) is 8. The van der Waals surface area contributed by atoms with Crippen molar-refractivity contribution >= 4 is 194 Å².